The van der Waals surface area contributed by atoms with Crippen LogP contribution in [0.1, 0.15) is 22.9 Å². The van der Waals surface area contributed by atoms with Crippen molar-refractivity contribution in [2.24, 2.45) is 0 Å². The second kappa shape index (κ2) is 6.87. The molecule has 0 radical (unpaired) electrons. The fourth-order valence-corrected chi connectivity index (χ4v) is 2.37. The molecule has 1 N–H and O–H groups in total. The Labute approximate surface area is 132 Å². The molecular formula is C15H18BrN3O2. The predicted octanol–water partition coefficient (Wildman–Crippen LogP) is 2.87. The molecule has 112 valence electrons. The second-order valence-corrected chi connectivity index (χ2v) is 5.39. The third kappa shape index (κ3) is 3.33. The van der Waals surface area contributed by atoms with E-state index in [0.29, 0.717) is 11.8 Å². The third-order valence-electron chi connectivity index (χ3n) is 3.22. The van der Waals surface area contributed by atoms with Crippen LogP contribution in [-0.4, -0.2) is 31.2 Å². The molecular weight excluding hydrogens is 334 g/mol. The van der Waals surface area contributed by atoms with E-state index in [0.717, 1.165) is 21.3 Å². The summed E-state index contributed by atoms with van der Waals surface area (Å²) in [5, 5.41) is 3.25. The normalized spacial score (nSPS) is 12.0. The largest absolute Gasteiger partial charge is 0.480 e. The van der Waals surface area contributed by atoms with Crippen molar-refractivity contribution >= 4 is 15.9 Å². The average Bonchev–Trinajstić information content (AvgIpc) is 2.51. The first kappa shape index (κ1) is 15.7. The van der Waals surface area contributed by atoms with Crippen molar-refractivity contribution in [3.63, 3.8) is 0 Å². The minimum absolute atomic E-state index is 0.106. The Morgan fingerprint density at radius 3 is 2.57 bits per heavy atom. The van der Waals surface area contributed by atoms with Gasteiger partial charge in [0.25, 0.3) is 0 Å². The summed E-state index contributed by atoms with van der Waals surface area (Å²) in [5.41, 5.74) is 2.98. The zero-order valence-electron chi connectivity index (χ0n) is 12.5. The fraction of sp³-hybridized carbons (Fsp3) is 0.333. The Morgan fingerprint density at radius 2 is 2.00 bits per heavy atom. The van der Waals surface area contributed by atoms with E-state index in [9.17, 15) is 0 Å². The lowest BCUT2D eigenvalue weighted by atomic mass is 10.0. The van der Waals surface area contributed by atoms with Crippen LogP contribution in [0.3, 0.4) is 0 Å². The standard InChI is InChI=1S/C15H18BrN3O2/c1-9-7-10(5-6-11(9)16)13(17-2)14-15(21-4)19-12(20-3)8-18-14/h5-8,13,17H,1-4H3. The van der Waals surface area contributed by atoms with Crippen molar-refractivity contribution in [3.05, 3.63) is 45.7 Å². The van der Waals surface area contributed by atoms with Gasteiger partial charge >= 0.3 is 0 Å². The van der Waals surface area contributed by atoms with Crippen molar-refractivity contribution in [3.8, 4) is 11.8 Å². The van der Waals surface area contributed by atoms with Gasteiger partial charge in [0.15, 0.2) is 0 Å². The molecule has 0 aliphatic carbocycles. The van der Waals surface area contributed by atoms with Crippen LogP contribution in [0.4, 0.5) is 0 Å². The second-order valence-electron chi connectivity index (χ2n) is 4.54. The van der Waals surface area contributed by atoms with E-state index < -0.39 is 0 Å². The number of methoxy groups -OCH3 is 2. The van der Waals surface area contributed by atoms with Gasteiger partial charge in [0.1, 0.15) is 5.69 Å². The number of nitrogens with zero attached hydrogens (tertiary/aromatic N) is 2. The highest BCUT2D eigenvalue weighted by molar-refractivity contribution is 9.10. The van der Waals surface area contributed by atoms with E-state index in [1.54, 1.807) is 20.4 Å². The van der Waals surface area contributed by atoms with Gasteiger partial charge in [-0.3, -0.25) is 0 Å². The number of hydrogen-bond donors (Lipinski definition) is 1. The molecule has 0 saturated heterocycles. The lowest BCUT2D eigenvalue weighted by Crippen LogP contribution is -2.20. The lowest BCUT2D eigenvalue weighted by molar-refractivity contribution is 0.353. The summed E-state index contributed by atoms with van der Waals surface area (Å²) in [7, 11) is 5.01. The van der Waals surface area contributed by atoms with E-state index >= 15 is 0 Å². The molecule has 1 heterocycles. The summed E-state index contributed by atoms with van der Waals surface area (Å²) < 4.78 is 11.5. The van der Waals surface area contributed by atoms with Gasteiger partial charge in [0, 0.05) is 4.47 Å². The zero-order chi connectivity index (χ0) is 15.4. The van der Waals surface area contributed by atoms with Crippen LogP contribution in [-0.2, 0) is 0 Å². The SMILES string of the molecule is CNC(c1ccc(Br)c(C)c1)c1ncc(OC)nc1OC. The van der Waals surface area contributed by atoms with Crippen LogP contribution in [0.25, 0.3) is 0 Å². The number of aryl methyl sites for hydroxylation is 1. The molecule has 5 nitrogen and oxygen atoms in total. The monoisotopic (exact) mass is 351 g/mol. The zero-order valence-corrected chi connectivity index (χ0v) is 14.1. The highest BCUT2D eigenvalue weighted by Crippen LogP contribution is 2.30. The molecule has 2 aromatic rings. The number of nitrogens with one attached hydrogen (secondary N) is 1. The van der Waals surface area contributed by atoms with Crippen LogP contribution in [0.15, 0.2) is 28.9 Å². The number of aromatic nitrogens is 2. The molecule has 1 unspecified atom stereocenters. The summed E-state index contributed by atoms with van der Waals surface area (Å²) >= 11 is 3.51. The first-order chi connectivity index (χ1) is 10.1. The van der Waals surface area contributed by atoms with E-state index in [1.165, 1.54) is 0 Å². The first-order valence-corrected chi connectivity index (χ1v) is 7.28. The average molecular weight is 352 g/mol. The smallest absolute Gasteiger partial charge is 0.240 e. The Balaban J connectivity index is 2.47. The van der Waals surface area contributed by atoms with Gasteiger partial charge in [0.05, 0.1) is 26.5 Å². The maximum Gasteiger partial charge on any atom is 0.240 e. The Bertz CT molecular complexity index is 634. The maximum atomic E-state index is 5.34. The number of ether oxygens (including phenoxy) is 2. The van der Waals surface area contributed by atoms with Gasteiger partial charge < -0.3 is 14.8 Å². The third-order valence-corrected chi connectivity index (χ3v) is 4.11. The van der Waals surface area contributed by atoms with Crippen molar-refractivity contribution in [2.75, 3.05) is 21.3 Å². The molecule has 0 spiro atoms. The summed E-state index contributed by atoms with van der Waals surface area (Å²) in [5.74, 6) is 0.881. The van der Waals surface area contributed by atoms with Crippen LogP contribution in [0.2, 0.25) is 0 Å². The van der Waals surface area contributed by atoms with Gasteiger partial charge in [-0.15, -0.1) is 0 Å². The van der Waals surface area contributed by atoms with E-state index in [4.69, 9.17) is 9.47 Å². The summed E-state index contributed by atoms with van der Waals surface area (Å²) in [6, 6.07) is 6.07. The minimum atomic E-state index is -0.106. The van der Waals surface area contributed by atoms with Crippen molar-refractivity contribution in [1.29, 1.82) is 0 Å². The number of benzene rings is 1. The Kier molecular flexibility index (Phi) is 5.14. The van der Waals surface area contributed by atoms with Gasteiger partial charge in [-0.2, -0.15) is 4.98 Å². The Morgan fingerprint density at radius 1 is 1.24 bits per heavy atom. The molecule has 0 amide bonds. The lowest BCUT2D eigenvalue weighted by Gasteiger charge is -2.19. The predicted molar refractivity (Wildman–Crippen MR) is 84.9 cm³/mol. The first-order valence-electron chi connectivity index (χ1n) is 6.49. The van der Waals surface area contributed by atoms with Crippen LogP contribution < -0.4 is 14.8 Å². The van der Waals surface area contributed by atoms with Gasteiger partial charge in [0.2, 0.25) is 11.8 Å². The van der Waals surface area contributed by atoms with E-state index in [1.807, 2.05) is 19.2 Å². The van der Waals surface area contributed by atoms with E-state index in [-0.39, 0.29) is 6.04 Å². The molecule has 0 bridgehead atoms. The topological polar surface area (TPSA) is 56.3 Å². The molecule has 21 heavy (non-hydrogen) atoms. The Hall–Kier alpha value is -1.66. The molecule has 0 aliphatic heterocycles. The highest BCUT2D eigenvalue weighted by atomic mass is 79.9. The highest BCUT2D eigenvalue weighted by Gasteiger charge is 2.20. The molecule has 2 rings (SSSR count). The van der Waals surface area contributed by atoms with Gasteiger partial charge in [-0.25, -0.2) is 4.98 Å². The summed E-state index contributed by atoms with van der Waals surface area (Å²) in [6.45, 7) is 2.05. The van der Waals surface area contributed by atoms with Crippen molar-refractivity contribution in [2.45, 2.75) is 13.0 Å². The van der Waals surface area contributed by atoms with Crippen LogP contribution in [0.5, 0.6) is 11.8 Å². The molecule has 0 aliphatic rings. The molecule has 1 aromatic carbocycles. The fourth-order valence-electron chi connectivity index (χ4n) is 2.12. The molecule has 6 heteroatoms. The molecule has 0 fully saturated rings. The molecule has 0 saturated carbocycles. The summed E-state index contributed by atoms with van der Waals surface area (Å²) in [6.07, 6.45) is 1.59. The van der Waals surface area contributed by atoms with Gasteiger partial charge in [-0.1, -0.05) is 28.1 Å². The van der Waals surface area contributed by atoms with Crippen molar-refractivity contribution in [1.82, 2.24) is 15.3 Å². The van der Waals surface area contributed by atoms with Crippen LogP contribution in [0, 0.1) is 6.92 Å². The minimum Gasteiger partial charge on any atom is -0.480 e. The number of halogens is 1. The quantitative estimate of drug-likeness (QED) is 0.897. The van der Waals surface area contributed by atoms with Crippen molar-refractivity contribution < 1.29 is 9.47 Å². The number of rotatable bonds is 5. The molecule has 1 atom stereocenters. The van der Waals surface area contributed by atoms with E-state index in [2.05, 4.69) is 44.2 Å². The van der Waals surface area contributed by atoms with Crippen LogP contribution >= 0.6 is 15.9 Å². The number of hydrogen-bond acceptors (Lipinski definition) is 5. The summed E-state index contributed by atoms with van der Waals surface area (Å²) in [4.78, 5) is 8.72. The van der Waals surface area contributed by atoms with Gasteiger partial charge in [-0.05, 0) is 31.2 Å². The maximum absolute atomic E-state index is 5.34. The molecule has 1 aromatic heterocycles.